The predicted octanol–water partition coefficient (Wildman–Crippen LogP) is 4.33. The van der Waals surface area contributed by atoms with Gasteiger partial charge in [0.15, 0.2) is 6.61 Å². The average Bonchev–Trinajstić information content (AvgIpc) is 3.25. The molecular weight excluding hydrogens is 407 g/mol. The van der Waals surface area contributed by atoms with Crippen molar-refractivity contribution >= 4 is 23.4 Å². The first-order chi connectivity index (χ1) is 14.4. The van der Waals surface area contributed by atoms with E-state index in [1.165, 1.54) is 29.2 Å². The highest BCUT2D eigenvalue weighted by Gasteiger charge is 2.29. The molecule has 30 heavy (non-hydrogen) atoms. The molecule has 2 amide bonds. The van der Waals surface area contributed by atoms with Gasteiger partial charge in [-0.2, -0.15) is 0 Å². The highest BCUT2D eigenvalue weighted by Crippen LogP contribution is 2.21. The van der Waals surface area contributed by atoms with Crippen molar-refractivity contribution in [2.75, 3.05) is 6.61 Å². The number of nitrogens with one attached hydrogen (secondary N) is 1. The molecule has 160 valence electrons. The Hall–Kier alpha value is -2.60. The largest absolute Gasteiger partial charge is 0.484 e. The van der Waals surface area contributed by atoms with Gasteiger partial charge >= 0.3 is 0 Å². The van der Waals surface area contributed by atoms with Crippen LogP contribution in [0.5, 0.6) is 5.75 Å². The maximum Gasteiger partial charge on any atom is 0.261 e. The van der Waals surface area contributed by atoms with Crippen molar-refractivity contribution in [2.45, 2.75) is 51.2 Å². The number of amides is 2. The van der Waals surface area contributed by atoms with Gasteiger partial charge in [-0.05, 0) is 55.7 Å². The minimum absolute atomic E-state index is 0.160. The lowest BCUT2D eigenvalue weighted by molar-refractivity contribution is -0.142. The van der Waals surface area contributed by atoms with Gasteiger partial charge in [-0.15, -0.1) is 0 Å². The summed E-state index contributed by atoms with van der Waals surface area (Å²) in [6.45, 7) is 1.62. The number of rotatable bonds is 8. The topological polar surface area (TPSA) is 58.6 Å². The van der Waals surface area contributed by atoms with Crippen molar-refractivity contribution in [2.24, 2.45) is 0 Å². The fraction of sp³-hybridized carbons (Fsp3) is 0.391. The third-order valence-corrected chi connectivity index (χ3v) is 5.71. The Kier molecular flexibility index (Phi) is 7.69. The average molecular weight is 433 g/mol. The summed E-state index contributed by atoms with van der Waals surface area (Å²) >= 11 is 6.28. The fourth-order valence-corrected chi connectivity index (χ4v) is 3.74. The first-order valence-electron chi connectivity index (χ1n) is 10.2. The Labute approximate surface area is 181 Å². The molecule has 3 rings (SSSR count). The second-order valence-corrected chi connectivity index (χ2v) is 7.93. The molecule has 1 aliphatic carbocycles. The van der Waals surface area contributed by atoms with Gasteiger partial charge in [-0.3, -0.25) is 9.59 Å². The third kappa shape index (κ3) is 5.95. The highest BCUT2D eigenvalue weighted by atomic mass is 35.5. The Morgan fingerprint density at radius 3 is 2.50 bits per heavy atom. The molecule has 2 aromatic carbocycles. The van der Waals surface area contributed by atoms with Crippen molar-refractivity contribution in [1.29, 1.82) is 0 Å². The summed E-state index contributed by atoms with van der Waals surface area (Å²) in [5, 5.41) is 3.57. The minimum atomic E-state index is -0.689. The van der Waals surface area contributed by atoms with Crippen LogP contribution in [0.2, 0.25) is 5.02 Å². The predicted molar refractivity (Wildman–Crippen MR) is 114 cm³/mol. The lowest BCUT2D eigenvalue weighted by Gasteiger charge is -2.30. The maximum atomic E-state index is 13.1. The fourth-order valence-electron chi connectivity index (χ4n) is 3.54. The van der Waals surface area contributed by atoms with Gasteiger partial charge in [-0.25, -0.2) is 4.39 Å². The number of carbonyl (C=O) groups is 2. The Bertz CT molecular complexity index is 869. The summed E-state index contributed by atoms with van der Waals surface area (Å²) in [7, 11) is 0. The van der Waals surface area contributed by atoms with E-state index < -0.39 is 6.04 Å². The molecule has 1 fully saturated rings. The Balaban J connectivity index is 1.71. The molecule has 1 saturated carbocycles. The summed E-state index contributed by atoms with van der Waals surface area (Å²) in [6, 6.07) is 12.1. The molecular formula is C23H26ClFN2O3. The highest BCUT2D eigenvalue weighted by molar-refractivity contribution is 6.31. The van der Waals surface area contributed by atoms with Crippen LogP contribution < -0.4 is 10.1 Å². The van der Waals surface area contributed by atoms with E-state index in [4.69, 9.17) is 16.3 Å². The van der Waals surface area contributed by atoms with Crippen molar-refractivity contribution in [1.82, 2.24) is 10.2 Å². The SMILES string of the molecule is C[C@H](C(=O)NC1CCCC1)N(Cc1ccccc1Cl)C(=O)COc1ccc(F)cc1. The first-order valence-corrected chi connectivity index (χ1v) is 10.5. The van der Waals surface area contributed by atoms with Gasteiger partial charge in [-0.1, -0.05) is 42.6 Å². The molecule has 1 atom stereocenters. The number of hydrogen-bond acceptors (Lipinski definition) is 3. The summed E-state index contributed by atoms with van der Waals surface area (Å²) in [4.78, 5) is 27.3. The molecule has 5 nitrogen and oxygen atoms in total. The molecule has 0 saturated heterocycles. The van der Waals surface area contributed by atoms with Crippen LogP contribution in [0.15, 0.2) is 48.5 Å². The number of halogens is 2. The van der Waals surface area contributed by atoms with E-state index in [2.05, 4.69) is 5.32 Å². The van der Waals surface area contributed by atoms with Crippen molar-refractivity contribution in [3.8, 4) is 5.75 Å². The van der Waals surface area contributed by atoms with Gasteiger partial charge in [0.25, 0.3) is 5.91 Å². The quantitative estimate of drug-likeness (QED) is 0.675. The van der Waals surface area contributed by atoms with E-state index in [1.807, 2.05) is 18.2 Å². The van der Waals surface area contributed by atoms with E-state index in [-0.39, 0.29) is 36.8 Å². The molecule has 0 unspecified atom stereocenters. The van der Waals surface area contributed by atoms with Gasteiger partial charge in [0.1, 0.15) is 17.6 Å². The summed E-state index contributed by atoms with van der Waals surface area (Å²) < 4.78 is 18.6. The maximum absolute atomic E-state index is 13.1. The molecule has 0 heterocycles. The number of hydrogen-bond donors (Lipinski definition) is 1. The summed E-state index contributed by atoms with van der Waals surface area (Å²) in [5.74, 6) is -0.547. The van der Waals surface area contributed by atoms with Crippen LogP contribution in [-0.4, -0.2) is 35.4 Å². The molecule has 1 aliphatic rings. The number of benzene rings is 2. The Morgan fingerprint density at radius 2 is 1.83 bits per heavy atom. The van der Waals surface area contributed by atoms with Crippen molar-refractivity contribution in [3.63, 3.8) is 0 Å². The molecule has 0 spiro atoms. The third-order valence-electron chi connectivity index (χ3n) is 5.34. The van der Waals surface area contributed by atoms with E-state index in [0.29, 0.717) is 10.8 Å². The van der Waals surface area contributed by atoms with Crippen molar-refractivity contribution in [3.05, 3.63) is 64.9 Å². The van der Waals surface area contributed by atoms with Crippen LogP contribution in [0, 0.1) is 5.82 Å². The smallest absolute Gasteiger partial charge is 0.261 e. The molecule has 0 aliphatic heterocycles. The summed E-state index contributed by atoms with van der Waals surface area (Å²) in [6.07, 6.45) is 4.13. The van der Waals surface area contributed by atoms with Crippen LogP contribution in [0.25, 0.3) is 0 Å². The minimum Gasteiger partial charge on any atom is -0.484 e. The van der Waals surface area contributed by atoms with Crippen molar-refractivity contribution < 1.29 is 18.7 Å². The number of carbonyl (C=O) groups excluding carboxylic acids is 2. The van der Waals surface area contributed by atoms with Gasteiger partial charge in [0.05, 0.1) is 0 Å². The number of nitrogens with zero attached hydrogens (tertiary/aromatic N) is 1. The lowest BCUT2D eigenvalue weighted by Crippen LogP contribution is -2.50. The second kappa shape index (κ2) is 10.4. The molecule has 0 aromatic heterocycles. The monoisotopic (exact) mass is 432 g/mol. The first kappa shape index (κ1) is 22.1. The van der Waals surface area contributed by atoms with E-state index in [9.17, 15) is 14.0 Å². The molecule has 0 bridgehead atoms. The van der Waals surface area contributed by atoms with E-state index in [0.717, 1.165) is 31.2 Å². The van der Waals surface area contributed by atoms with Crippen LogP contribution in [0.1, 0.15) is 38.2 Å². The zero-order chi connectivity index (χ0) is 21.5. The standard InChI is InChI=1S/C23H26ClFN2O3/c1-16(23(29)26-19-7-3-4-8-19)27(14-17-6-2-5-9-21(17)24)22(28)15-30-20-12-10-18(25)11-13-20/h2,5-6,9-13,16,19H,3-4,7-8,14-15H2,1H3,(H,26,29)/t16-/m1/s1. The van der Waals surface area contributed by atoms with Gasteiger partial charge in [0, 0.05) is 17.6 Å². The molecule has 7 heteroatoms. The lowest BCUT2D eigenvalue weighted by atomic mass is 10.1. The van der Waals surface area contributed by atoms with Gasteiger partial charge in [0.2, 0.25) is 5.91 Å². The van der Waals surface area contributed by atoms with Crippen LogP contribution >= 0.6 is 11.6 Å². The number of ether oxygens (including phenoxy) is 1. The van der Waals surface area contributed by atoms with Crippen LogP contribution in [-0.2, 0) is 16.1 Å². The molecule has 1 N–H and O–H groups in total. The van der Waals surface area contributed by atoms with Crippen LogP contribution in [0.3, 0.4) is 0 Å². The second-order valence-electron chi connectivity index (χ2n) is 7.52. The van der Waals surface area contributed by atoms with E-state index >= 15 is 0 Å². The zero-order valence-electron chi connectivity index (χ0n) is 16.9. The Morgan fingerprint density at radius 1 is 1.17 bits per heavy atom. The van der Waals surface area contributed by atoms with Gasteiger partial charge < -0.3 is 15.0 Å². The zero-order valence-corrected chi connectivity index (χ0v) is 17.7. The normalized spacial score (nSPS) is 14.9. The van der Waals surface area contributed by atoms with Crippen LogP contribution in [0.4, 0.5) is 4.39 Å². The molecule has 2 aromatic rings. The molecule has 0 radical (unpaired) electrons. The summed E-state index contributed by atoms with van der Waals surface area (Å²) in [5.41, 5.74) is 0.745. The van der Waals surface area contributed by atoms with E-state index in [1.54, 1.807) is 13.0 Å².